The van der Waals surface area contributed by atoms with Crippen LogP contribution in [-0.2, 0) is 4.79 Å². The molecule has 1 fully saturated rings. The molecule has 1 aliphatic carbocycles. The highest BCUT2D eigenvalue weighted by atomic mass is 16.5. The van der Waals surface area contributed by atoms with E-state index in [-0.39, 0.29) is 18.4 Å². The lowest BCUT2D eigenvalue weighted by Gasteiger charge is -2.24. The molecule has 0 bridgehead atoms. The average molecular weight is 230 g/mol. The number of nitrogens with one attached hydrogen (secondary N) is 1. The maximum Gasteiger partial charge on any atom is 0.227 e. The predicted octanol–water partition coefficient (Wildman–Crippen LogP) is 2.33. The van der Waals surface area contributed by atoms with Gasteiger partial charge in [0.15, 0.2) is 6.61 Å². The summed E-state index contributed by atoms with van der Waals surface area (Å²) >= 11 is 0. The summed E-state index contributed by atoms with van der Waals surface area (Å²) < 4.78 is 5.24. The van der Waals surface area contributed by atoms with Gasteiger partial charge in [-0.05, 0) is 25.0 Å². The van der Waals surface area contributed by atoms with Crippen LogP contribution in [0.2, 0.25) is 0 Å². The van der Waals surface area contributed by atoms with E-state index in [9.17, 15) is 4.79 Å². The zero-order valence-corrected chi connectivity index (χ0v) is 9.48. The molecule has 0 heterocycles. The third kappa shape index (κ3) is 2.76. The topological polar surface area (TPSA) is 62.1 Å². The molecule has 1 amide bonds. The Morgan fingerprint density at radius 3 is 2.88 bits per heavy atom. The standard InChI is InChI=1S/C13H14N2O2/c14-8-9-17-12-7-2-1-6-11(12)15-13(16)10-4-3-5-10/h1-2,6-7,10H,3-5,9H2,(H,15,16). The van der Waals surface area contributed by atoms with E-state index >= 15 is 0 Å². The van der Waals surface area contributed by atoms with Crippen LogP contribution in [0.25, 0.3) is 0 Å². The third-order valence-corrected chi connectivity index (χ3v) is 2.91. The first kappa shape index (κ1) is 11.5. The zero-order valence-electron chi connectivity index (χ0n) is 9.48. The van der Waals surface area contributed by atoms with Crippen molar-refractivity contribution in [3.05, 3.63) is 24.3 Å². The number of nitrogens with zero attached hydrogens (tertiary/aromatic N) is 1. The molecule has 2 rings (SSSR count). The second kappa shape index (κ2) is 5.35. The molecule has 1 aliphatic rings. The van der Waals surface area contributed by atoms with E-state index in [1.807, 2.05) is 18.2 Å². The van der Waals surface area contributed by atoms with E-state index in [1.165, 1.54) is 0 Å². The van der Waals surface area contributed by atoms with Crippen molar-refractivity contribution in [3.8, 4) is 11.8 Å². The van der Waals surface area contributed by atoms with Gasteiger partial charge < -0.3 is 10.1 Å². The number of amides is 1. The summed E-state index contributed by atoms with van der Waals surface area (Å²) in [6.45, 7) is -0.0175. The van der Waals surface area contributed by atoms with Crippen LogP contribution in [0.15, 0.2) is 24.3 Å². The number of anilines is 1. The van der Waals surface area contributed by atoms with Gasteiger partial charge in [-0.15, -0.1) is 0 Å². The third-order valence-electron chi connectivity index (χ3n) is 2.91. The molecule has 0 atom stereocenters. The number of carbonyl (C=O) groups is 1. The van der Waals surface area contributed by atoms with Gasteiger partial charge in [-0.2, -0.15) is 5.26 Å². The van der Waals surface area contributed by atoms with Crippen molar-refractivity contribution in [1.29, 1.82) is 5.26 Å². The minimum absolute atomic E-state index is 0.0175. The molecule has 0 spiro atoms. The Morgan fingerprint density at radius 1 is 1.47 bits per heavy atom. The highest BCUT2D eigenvalue weighted by molar-refractivity contribution is 5.94. The lowest BCUT2D eigenvalue weighted by molar-refractivity contribution is -0.122. The number of nitriles is 1. The minimum Gasteiger partial charge on any atom is -0.477 e. The smallest absolute Gasteiger partial charge is 0.227 e. The van der Waals surface area contributed by atoms with Gasteiger partial charge in [0.25, 0.3) is 0 Å². The Labute approximate surface area is 100 Å². The fourth-order valence-corrected chi connectivity index (χ4v) is 1.71. The van der Waals surface area contributed by atoms with Crippen molar-refractivity contribution < 1.29 is 9.53 Å². The van der Waals surface area contributed by atoms with Gasteiger partial charge in [-0.1, -0.05) is 18.6 Å². The van der Waals surface area contributed by atoms with E-state index in [2.05, 4.69) is 5.32 Å². The summed E-state index contributed by atoms with van der Waals surface area (Å²) in [5.41, 5.74) is 0.639. The zero-order chi connectivity index (χ0) is 12.1. The van der Waals surface area contributed by atoms with Crippen LogP contribution in [-0.4, -0.2) is 12.5 Å². The van der Waals surface area contributed by atoms with Gasteiger partial charge in [0.05, 0.1) is 5.69 Å². The van der Waals surface area contributed by atoms with Gasteiger partial charge in [0.2, 0.25) is 5.91 Å². The summed E-state index contributed by atoms with van der Waals surface area (Å²) in [5.74, 6) is 0.727. The molecule has 4 nitrogen and oxygen atoms in total. The van der Waals surface area contributed by atoms with E-state index < -0.39 is 0 Å². The number of hydrogen-bond acceptors (Lipinski definition) is 3. The van der Waals surface area contributed by atoms with Crippen LogP contribution >= 0.6 is 0 Å². The normalized spacial score (nSPS) is 14.5. The maximum absolute atomic E-state index is 11.8. The number of hydrogen-bond donors (Lipinski definition) is 1. The summed E-state index contributed by atoms with van der Waals surface area (Å²) in [5, 5.41) is 11.3. The number of ether oxygens (including phenoxy) is 1. The van der Waals surface area contributed by atoms with Crippen molar-refractivity contribution in [2.24, 2.45) is 5.92 Å². The predicted molar refractivity (Wildman–Crippen MR) is 63.5 cm³/mol. The Morgan fingerprint density at radius 2 is 2.24 bits per heavy atom. The first-order chi connectivity index (χ1) is 8.31. The van der Waals surface area contributed by atoms with Crippen LogP contribution < -0.4 is 10.1 Å². The molecule has 1 saturated carbocycles. The van der Waals surface area contributed by atoms with Crippen LogP contribution in [0.1, 0.15) is 19.3 Å². The van der Waals surface area contributed by atoms with Gasteiger partial charge in [0, 0.05) is 5.92 Å². The molecular weight excluding hydrogens is 216 g/mol. The summed E-state index contributed by atoms with van der Waals surface area (Å²) in [4.78, 5) is 11.8. The quantitative estimate of drug-likeness (QED) is 0.863. The lowest BCUT2D eigenvalue weighted by atomic mass is 9.85. The van der Waals surface area contributed by atoms with Crippen molar-refractivity contribution in [3.63, 3.8) is 0 Å². The van der Waals surface area contributed by atoms with Crippen molar-refractivity contribution in [2.45, 2.75) is 19.3 Å². The fraction of sp³-hybridized carbons (Fsp3) is 0.385. The van der Waals surface area contributed by atoms with Gasteiger partial charge in [-0.3, -0.25) is 4.79 Å². The molecule has 17 heavy (non-hydrogen) atoms. The molecule has 0 saturated heterocycles. The molecular formula is C13H14N2O2. The Hall–Kier alpha value is -2.02. The van der Waals surface area contributed by atoms with Crippen LogP contribution in [0.5, 0.6) is 5.75 Å². The molecule has 0 radical (unpaired) electrons. The fourth-order valence-electron chi connectivity index (χ4n) is 1.71. The van der Waals surface area contributed by atoms with E-state index in [0.717, 1.165) is 19.3 Å². The highest BCUT2D eigenvalue weighted by Gasteiger charge is 2.25. The summed E-state index contributed by atoms with van der Waals surface area (Å²) in [6.07, 6.45) is 3.06. The molecule has 88 valence electrons. The monoisotopic (exact) mass is 230 g/mol. The Bertz CT molecular complexity index is 447. The minimum atomic E-state index is -0.0175. The molecule has 1 aromatic rings. The Kier molecular flexibility index (Phi) is 3.61. The second-order valence-electron chi connectivity index (χ2n) is 4.06. The van der Waals surface area contributed by atoms with Crippen LogP contribution in [0, 0.1) is 17.2 Å². The number of rotatable bonds is 4. The van der Waals surface area contributed by atoms with E-state index in [0.29, 0.717) is 11.4 Å². The van der Waals surface area contributed by atoms with Gasteiger partial charge in [-0.25, -0.2) is 0 Å². The van der Waals surface area contributed by atoms with E-state index in [4.69, 9.17) is 10.00 Å². The van der Waals surface area contributed by atoms with Crippen molar-refractivity contribution in [1.82, 2.24) is 0 Å². The molecule has 0 unspecified atom stereocenters. The number of para-hydroxylation sites is 2. The largest absolute Gasteiger partial charge is 0.477 e. The molecule has 1 N–H and O–H groups in total. The van der Waals surface area contributed by atoms with Crippen molar-refractivity contribution >= 4 is 11.6 Å². The highest BCUT2D eigenvalue weighted by Crippen LogP contribution is 2.30. The summed E-state index contributed by atoms with van der Waals surface area (Å²) in [7, 11) is 0. The molecule has 0 aliphatic heterocycles. The molecule has 0 aromatic heterocycles. The van der Waals surface area contributed by atoms with Crippen molar-refractivity contribution in [2.75, 3.05) is 11.9 Å². The lowest BCUT2D eigenvalue weighted by Crippen LogP contribution is -2.28. The first-order valence-electron chi connectivity index (χ1n) is 5.71. The SMILES string of the molecule is N#CCOc1ccccc1NC(=O)C1CCC1. The number of carbonyl (C=O) groups excluding carboxylic acids is 1. The molecule has 1 aromatic carbocycles. The molecule has 4 heteroatoms. The van der Waals surface area contributed by atoms with Gasteiger partial charge in [0.1, 0.15) is 11.8 Å². The van der Waals surface area contributed by atoms with E-state index in [1.54, 1.807) is 12.1 Å². The Balaban J connectivity index is 2.03. The summed E-state index contributed by atoms with van der Waals surface area (Å²) in [6, 6.07) is 9.07. The van der Waals surface area contributed by atoms with Crippen LogP contribution in [0.3, 0.4) is 0 Å². The van der Waals surface area contributed by atoms with Crippen LogP contribution in [0.4, 0.5) is 5.69 Å². The van der Waals surface area contributed by atoms with Gasteiger partial charge >= 0.3 is 0 Å². The first-order valence-corrected chi connectivity index (χ1v) is 5.71. The average Bonchev–Trinajstić information content (AvgIpc) is 2.25. The number of benzene rings is 1. The maximum atomic E-state index is 11.8. The second-order valence-corrected chi connectivity index (χ2v) is 4.06.